The summed E-state index contributed by atoms with van der Waals surface area (Å²) in [4.78, 5) is 1.57. The third-order valence-electron chi connectivity index (χ3n) is 4.52. The molecular formula is C15H26BNS2. The van der Waals surface area contributed by atoms with E-state index in [1.165, 1.54) is 25.7 Å². The van der Waals surface area contributed by atoms with Gasteiger partial charge in [0.2, 0.25) is 0 Å². The molecule has 106 valence electrons. The monoisotopic (exact) mass is 295 g/mol. The quantitative estimate of drug-likeness (QED) is 0.573. The van der Waals surface area contributed by atoms with Crippen LogP contribution >= 0.6 is 23.6 Å². The van der Waals surface area contributed by atoms with Crippen molar-refractivity contribution in [3.8, 4) is 0 Å². The highest BCUT2D eigenvalue weighted by molar-refractivity contribution is 7.73. The highest BCUT2D eigenvalue weighted by atomic mass is 32.1. The van der Waals surface area contributed by atoms with Gasteiger partial charge in [0.1, 0.15) is 7.85 Å². The fourth-order valence-electron chi connectivity index (χ4n) is 3.40. The normalized spacial score (nSPS) is 24.3. The maximum Gasteiger partial charge on any atom is 0.161 e. The first kappa shape index (κ1) is 15.3. The molecular weight excluding hydrogens is 269 g/mol. The second-order valence-corrected chi connectivity index (χ2v) is 8.35. The van der Waals surface area contributed by atoms with E-state index in [0.717, 1.165) is 15.8 Å². The van der Waals surface area contributed by atoms with E-state index < -0.39 is 0 Å². The summed E-state index contributed by atoms with van der Waals surface area (Å²) in [6, 6.07) is 0.500. The lowest BCUT2D eigenvalue weighted by Crippen LogP contribution is -2.18. The molecule has 0 fully saturated rings. The summed E-state index contributed by atoms with van der Waals surface area (Å²) >= 11 is 7.47. The Bertz CT molecular complexity index is 487. The summed E-state index contributed by atoms with van der Waals surface area (Å²) < 4.78 is 3.48. The summed E-state index contributed by atoms with van der Waals surface area (Å²) in [7, 11) is 2.40. The molecule has 1 heterocycles. The predicted molar refractivity (Wildman–Crippen MR) is 90.7 cm³/mol. The van der Waals surface area contributed by atoms with Crippen LogP contribution in [0.3, 0.4) is 0 Å². The maximum atomic E-state index is 5.60. The Labute approximate surface area is 127 Å². The van der Waals surface area contributed by atoms with Crippen molar-refractivity contribution < 1.29 is 0 Å². The van der Waals surface area contributed by atoms with Crippen molar-refractivity contribution in [3.63, 3.8) is 0 Å². The number of hydrogen-bond acceptors (Lipinski definition) is 2. The van der Waals surface area contributed by atoms with Crippen molar-refractivity contribution >= 4 is 31.4 Å². The van der Waals surface area contributed by atoms with Gasteiger partial charge in [0.15, 0.2) is 3.95 Å². The lowest BCUT2D eigenvalue weighted by atomic mass is 9.72. The second kappa shape index (κ2) is 6.13. The van der Waals surface area contributed by atoms with Gasteiger partial charge in [0.05, 0.1) is 0 Å². The third kappa shape index (κ3) is 3.16. The molecule has 0 aromatic carbocycles. The van der Waals surface area contributed by atoms with Gasteiger partial charge in [-0.3, -0.25) is 0 Å². The summed E-state index contributed by atoms with van der Waals surface area (Å²) in [6.45, 7) is 9.26. The Morgan fingerprint density at radius 1 is 1.32 bits per heavy atom. The SMILES string of the molecule is BC1CC(C(C)C)CCCc2c1sc(=S)n2C(C)C. The molecule has 1 aromatic heterocycles. The predicted octanol–water partition coefficient (Wildman–Crippen LogP) is 4.53. The first-order chi connectivity index (χ1) is 8.91. The first-order valence-electron chi connectivity index (χ1n) is 7.65. The average molecular weight is 295 g/mol. The molecule has 1 aromatic rings. The van der Waals surface area contributed by atoms with Crippen molar-refractivity contribution in [2.45, 2.75) is 65.2 Å². The minimum absolute atomic E-state index is 0.500. The second-order valence-electron chi connectivity index (χ2n) is 6.68. The molecule has 1 nitrogen and oxygen atoms in total. The molecule has 2 rings (SSSR count). The number of thiazole rings is 1. The molecule has 0 saturated heterocycles. The van der Waals surface area contributed by atoms with E-state index >= 15 is 0 Å². The van der Waals surface area contributed by atoms with Crippen LogP contribution in [0.4, 0.5) is 0 Å². The molecule has 0 bridgehead atoms. The zero-order valence-electron chi connectivity index (χ0n) is 12.9. The fourth-order valence-corrected chi connectivity index (χ4v) is 5.21. The molecule has 0 spiro atoms. The van der Waals surface area contributed by atoms with Crippen LogP contribution in [0.5, 0.6) is 0 Å². The Balaban J connectivity index is 2.38. The number of rotatable bonds is 2. The van der Waals surface area contributed by atoms with E-state index in [0.29, 0.717) is 11.9 Å². The molecule has 2 unspecified atom stereocenters. The molecule has 4 heteroatoms. The third-order valence-corrected chi connectivity index (χ3v) is 6.20. The number of hydrogen-bond donors (Lipinski definition) is 0. The van der Waals surface area contributed by atoms with E-state index in [-0.39, 0.29) is 0 Å². The largest absolute Gasteiger partial charge is 0.324 e. The van der Waals surface area contributed by atoms with Crippen LogP contribution in [0, 0.1) is 15.8 Å². The molecule has 2 atom stereocenters. The van der Waals surface area contributed by atoms with Crippen molar-refractivity contribution in [3.05, 3.63) is 14.5 Å². The summed E-state index contributed by atoms with van der Waals surface area (Å²) in [5, 5.41) is 0. The highest BCUT2D eigenvalue weighted by Crippen LogP contribution is 2.38. The van der Waals surface area contributed by atoms with Crippen LogP contribution in [0.1, 0.15) is 69.4 Å². The summed E-state index contributed by atoms with van der Waals surface area (Å²) in [6.07, 6.45) is 5.25. The van der Waals surface area contributed by atoms with Gasteiger partial charge in [-0.05, 0) is 69.4 Å². The minimum atomic E-state index is 0.500. The standard InChI is InChI=1S/C15H26BNS2/c1-9(2)11-6-5-7-13-14(12(16)8-11)19-15(18)17(13)10(3)4/h9-12H,5-8,16H2,1-4H3. The minimum Gasteiger partial charge on any atom is -0.324 e. The fraction of sp³-hybridized carbons (Fsp3) is 0.800. The Hall–Kier alpha value is -0.0851. The van der Waals surface area contributed by atoms with Crippen LogP contribution < -0.4 is 0 Å². The molecule has 1 aliphatic carbocycles. The van der Waals surface area contributed by atoms with Gasteiger partial charge in [-0.2, -0.15) is 0 Å². The van der Waals surface area contributed by atoms with Crippen molar-refractivity contribution in [1.82, 2.24) is 4.57 Å². The van der Waals surface area contributed by atoms with E-state index in [1.807, 2.05) is 11.3 Å². The smallest absolute Gasteiger partial charge is 0.161 e. The van der Waals surface area contributed by atoms with E-state index in [2.05, 4.69) is 40.1 Å². The van der Waals surface area contributed by atoms with Crippen molar-refractivity contribution in [2.75, 3.05) is 0 Å². The van der Waals surface area contributed by atoms with Crippen LogP contribution in [-0.2, 0) is 6.42 Å². The van der Waals surface area contributed by atoms with E-state index in [9.17, 15) is 0 Å². The molecule has 0 amide bonds. The van der Waals surface area contributed by atoms with Crippen LogP contribution in [-0.4, -0.2) is 12.4 Å². The van der Waals surface area contributed by atoms with Gasteiger partial charge >= 0.3 is 0 Å². The van der Waals surface area contributed by atoms with Crippen LogP contribution in [0.15, 0.2) is 0 Å². The van der Waals surface area contributed by atoms with Gasteiger partial charge in [0, 0.05) is 16.6 Å². The van der Waals surface area contributed by atoms with Crippen molar-refractivity contribution in [2.24, 2.45) is 11.8 Å². The zero-order valence-corrected chi connectivity index (χ0v) is 14.5. The lowest BCUT2D eigenvalue weighted by molar-refractivity contribution is 0.318. The maximum absolute atomic E-state index is 5.60. The topological polar surface area (TPSA) is 4.93 Å². The number of nitrogens with zero attached hydrogens (tertiary/aromatic N) is 1. The van der Waals surface area contributed by atoms with E-state index in [1.54, 1.807) is 10.6 Å². The molecule has 1 aliphatic rings. The Morgan fingerprint density at radius 2 is 2.00 bits per heavy atom. The Kier molecular flexibility index (Phi) is 4.94. The van der Waals surface area contributed by atoms with Gasteiger partial charge in [-0.1, -0.05) is 13.8 Å². The number of fused-ring (bicyclic) bond motifs is 1. The molecule has 0 radical (unpaired) electrons. The van der Waals surface area contributed by atoms with Crippen LogP contribution in [0.2, 0.25) is 0 Å². The molecule has 19 heavy (non-hydrogen) atoms. The number of aromatic nitrogens is 1. The molecule has 0 N–H and O–H groups in total. The Morgan fingerprint density at radius 3 is 2.58 bits per heavy atom. The molecule has 0 saturated carbocycles. The summed E-state index contributed by atoms with van der Waals surface area (Å²) in [5.41, 5.74) is 1.54. The van der Waals surface area contributed by atoms with Crippen molar-refractivity contribution in [1.29, 1.82) is 0 Å². The van der Waals surface area contributed by atoms with E-state index in [4.69, 9.17) is 12.2 Å². The van der Waals surface area contributed by atoms with Crippen LogP contribution in [0.25, 0.3) is 0 Å². The lowest BCUT2D eigenvalue weighted by Gasteiger charge is -2.28. The van der Waals surface area contributed by atoms with Gasteiger partial charge in [-0.15, -0.1) is 11.3 Å². The molecule has 0 aliphatic heterocycles. The van der Waals surface area contributed by atoms with Gasteiger partial charge in [0.25, 0.3) is 0 Å². The average Bonchev–Trinajstić information content (AvgIpc) is 2.62. The zero-order chi connectivity index (χ0) is 14.2. The summed E-state index contributed by atoms with van der Waals surface area (Å²) in [5.74, 6) is 2.37. The van der Waals surface area contributed by atoms with Gasteiger partial charge < -0.3 is 4.57 Å². The first-order valence-corrected chi connectivity index (χ1v) is 8.88. The highest BCUT2D eigenvalue weighted by Gasteiger charge is 2.26. The van der Waals surface area contributed by atoms with Gasteiger partial charge in [-0.25, -0.2) is 0 Å².